The third-order valence-electron chi connectivity index (χ3n) is 10.9. The molecule has 0 radical (unpaired) electrons. The van der Waals surface area contributed by atoms with Crippen molar-refractivity contribution in [3.63, 3.8) is 0 Å². The lowest BCUT2D eigenvalue weighted by atomic mass is 9.46. The van der Waals surface area contributed by atoms with Gasteiger partial charge in [-0.05, 0) is 93.5 Å². The first-order valence-corrected chi connectivity index (χ1v) is 15.1. The number of fused-ring (bicyclic) bond motifs is 5. The topological polar surface area (TPSA) is 71.0 Å². The zero-order valence-electron chi connectivity index (χ0n) is 25.1. The summed E-state index contributed by atoms with van der Waals surface area (Å²) >= 11 is 0. The summed E-state index contributed by atoms with van der Waals surface area (Å²) in [5.74, 6) is 2.80. The third kappa shape index (κ3) is 5.89. The van der Waals surface area contributed by atoms with Crippen molar-refractivity contribution in [2.24, 2.45) is 39.7 Å². The van der Waals surface area contributed by atoms with Gasteiger partial charge in [-0.2, -0.15) is 0 Å². The minimum atomic E-state index is -0.352. The highest BCUT2D eigenvalue weighted by Gasteiger charge is 2.59. The van der Waals surface area contributed by atoms with Crippen LogP contribution in [-0.4, -0.2) is 80.8 Å². The van der Waals surface area contributed by atoms with Gasteiger partial charge in [-0.25, -0.2) is 4.79 Å². The Balaban J connectivity index is 1.34. The SMILES string of the molecule is CCN(CCNCC[N+](C)(C)C)C(=O)O/N=C(\C)[C@H]1CC[C@H]2[C@@H]3CCC4=CC(=O)CC[C@]4(C)[C@H]3CC[C@]12C. The van der Waals surface area contributed by atoms with E-state index in [1.807, 2.05) is 13.0 Å². The first kappa shape index (κ1) is 29.3. The van der Waals surface area contributed by atoms with E-state index in [-0.39, 0.29) is 16.9 Å². The minimum absolute atomic E-state index is 0.208. The number of likely N-dealkylation sites (N-methyl/N-ethyl adjacent to an activating group) is 2. The quantitative estimate of drug-likeness (QED) is 0.145. The summed E-state index contributed by atoms with van der Waals surface area (Å²) in [6, 6.07) is 0. The van der Waals surface area contributed by atoms with Gasteiger partial charge in [0.15, 0.2) is 5.78 Å². The van der Waals surface area contributed by atoms with Crippen molar-refractivity contribution in [1.82, 2.24) is 10.2 Å². The van der Waals surface area contributed by atoms with Crippen LogP contribution in [0.3, 0.4) is 0 Å². The number of nitrogens with one attached hydrogen (secondary N) is 1. The van der Waals surface area contributed by atoms with Gasteiger partial charge in [0, 0.05) is 38.5 Å². The molecule has 7 nitrogen and oxygen atoms in total. The molecule has 1 N–H and O–H groups in total. The molecule has 0 unspecified atom stereocenters. The Bertz CT molecular complexity index is 953. The van der Waals surface area contributed by atoms with Crippen LogP contribution in [0.25, 0.3) is 0 Å². The molecule has 0 spiro atoms. The number of allylic oxidation sites excluding steroid dienone is 1. The normalized spacial score (nSPS) is 35.2. The molecular weight excluding hydrogens is 476 g/mol. The van der Waals surface area contributed by atoms with Gasteiger partial charge in [-0.15, -0.1) is 0 Å². The molecule has 4 rings (SSSR count). The van der Waals surface area contributed by atoms with Crippen LogP contribution in [-0.2, 0) is 9.63 Å². The van der Waals surface area contributed by atoms with Crippen molar-refractivity contribution in [3.05, 3.63) is 11.6 Å². The summed E-state index contributed by atoms with van der Waals surface area (Å²) in [5, 5.41) is 7.87. The maximum absolute atomic E-state index is 12.8. The van der Waals surface area contributed by atoms with Gasteiger partial charge in [0.05, 0.1) is 33.4 Å². The van der Waals surface area contributed by atoms with Crippen molar-refractivity contribution in [3.8, 4) is 0 Å². The number of carbonyl (C=O) groups excluding carboxylic acids is 2. The summed E-state index contributed by atoms with van der Waals surface area (Å²) in [6.07, 6.45) is 10.5. The summed E-state index contributed by atoms with van der Waals surface area (Å²) in [4.78, 5) is 32.2. The number of hydrogen-bond acceptors (Lipinski definition) is 5. The lowest BCUT2D eigenvalue weighted by Crippen LogP contribution is -2.51. The second kappa shape index (κ2) is 11.4. The highest BCUT2D eigenvalue weighted by Crippen LogP contribution is 2.66. The molecule has 4 aliphatic rings. The van der Waals surface area contributed by atoms with E-state index in [1.54, 1.807) is 4.90 Å². The average Bonchev–Trinajstić information content (AvgIpc) is 3.21. The van der Waals surface area contributed by atoms with Gasteiger partial charge in [0.1, 0.15) is 0 Å². The van der Waals surface area contributed by atoms with Crippen LogP contribution in [0.4, 0.5) is 4.79 Å². The molecule has 0 aliphatic heterocycles. The number of nitrogens with zero attached hydrogens (tertiary/aromatic N) is 3. The molecule has 0 aromatic rings. The van der Waals surface area contributed by atoms with Crippen molar-refractivity contribution in [1.29, 1.82) is 0 Å². The van der Waals surface area contributed by atoms with Crippen molar-refractivity contribution in [2.45, 2.75) is 79.1 Å². The van der Waals surface area contributed by atoms with Crippen LogP contribution < -0.4 is 5.32 Å². The van der Waals surface area contributed by atoms with Crippen molar-refractivity contribution < 1.29 is 18.9 Å². The van der Waals surface area contributed by atoms with Gasteiger partial charge < -0.3 is 14.7 Å². The van der Waals surface area contributed by atoms with E-state index in [4.69, 9.17) is 4.84 Å². The van der Waals surface area contributed by atoms with Crippen molar-refractivity contribution >= 4 is 17.6 Å². The molecule has 6 atom stereocenters. The first-order valence-electron chi connectivity index (χ1n) is 15.1. The molecule has 38 heavy (non-hydrogen) atoms. The Morgan fingerprint density at radius 3 is 2.58 bits per heavy atom. The monoisotopic (exact) mass is 529 g/mol. The van der Waals surface area contributed by atoms with Crippen LogP contribution in [0.1, 0.15) is 79.1 Å². The Labute approximate surface area is 231 Å². The average molecular weight is 530 g/mol. The lowest BCUT2D eigenvalue weighted by Gasteiger charge is -2.58. The van der Waals surface area contributed by atoms with Gasteiger partial charge in [0.25, 0.3) is 0 Å². The Hall–Kier alpha value is -1.73. The predicted molar refractivity (Wildman–Crippen MR) is 153 cm³/mol. The van der Waals surface area contributed by atoms with Gasteiger partial charge in [-0.3, -0.25) is 9.63 Å². The lowest BCUT2D eigenvalue weighted by molar-refractivity contribution is -0.869. The molecule has 7 heteroatoms. The zero-order chi connectivity index (χ0) is 27.7. The molecule has 0 heterocycles. The van der Waals surface area contributed by atoms with Crippen LogP contribution in [0.15, 0.2) is 16.8 Å². The predicted octanol–water partition coefficient (Wildman–Crippen LogP) is 5.26. The van der Waals surface area contributed by atoms with Gasteiger partial charge in [-0.1, -0.05) is 24.6 Å². The first-order chi connectivity index (χ1) is 17.9. The smallest absolute Gasteiger partial charge is 0.330 e. The number of oxime groups is 1. The van der Waals surface area contributed by atoms with Crippen LogP contribution in [0.2, 0.25) is 0 Å². The van der Waals surface area contributed by atoms with E-state index in [2.05, 4.69) is 52.4 Å². The number of amides is 1. The van der Waals surface area contributed by atoms with E-state index >= 15 is 0 Å². The van der Waals surface area contributed by atoms with Gasteiger partial charge >= 0.3 is 6.09 Å². The fourth-order valence-electron chi connectivity index (χ4n) is 8.61. The highest BCUT2D eigenvalue weighted by molar-refractivity contribution is 5.91. The second-order valence-corrected chi connectivity index (χ2v) is 14.1. The van der Waals surface area contributed by atoms with Crippen molar-refractivity contribution in [2.75, 3.05) is 53.9 Å². The number of hydrogen-bond donors (Lipinski definition) is 1. The number of quaternary nitrogens is 1. The molecule has 0 saturated heterocycles. The van der Waals surface area contributed by atoms with E-state index in [9.17, 15) is 9.59 Å². The largest absolute Gasteiger partial charge is 0.436 e. The standard InChI is InChI=1S/C31H53N4O3/c1-8-34(19-17-32-18-20-35(5,6)7)29(37)38-33-22(2)26-11-12-27-25-10-9-23-21-24(36)13-15-30(23,3)28(25)14-16-31(26,27)4/h21,25-28,32H,8-20H2,1-7H3/q+1/b33-22+/t25-,26+,27-,28-,30-,31+/m0/s1. The fourth-order valence-corrected chi connectivity index (χ4v) is 8.61. The third-order valence-corrected chi connectivity index (χ3v) is 10.9. The molecule has 1 amide bonds. The van der Waals surface area contributed by atoms with Gasteiger partial charge in [0.2, 0.25) is 0 Å². The number of ketones is 1. The molecule has 0 aromatic heterocycles. The summed E-state index contributed by atoms with van der Waals surface area (Å²) < 4.78 is 0.918. The summed E-state index contributed by atoms with van der Waals surface area (Å²) in [5.41, 5.74) is 2.83. The molecule has 214 valence electrons. The Morgan fingerprint density at radius 2 is 1.87 bits per heavy atom. The number of rotatable bonds is 9. The van der Waals surface area contributed by atoms with Crippen LogP contribution >= 0.6 is 0 Å². The molecule has 3 fully saturated rings. The highest BCUT2D eigenvalue weighted by atomic mass is 16.7. The maximum atomic E-state index is 12.8. The molecule has 3 saturated carbocycles. The second-order valence-electron chi connectivity index (χ2n) is 14.1. The molecule has 4 aliphatic carbocycles. The van der Waals surface area contributed by atoms with Crippen LogP contribution in [0, 0.1) is 34.5 Å². The molecule has 0 bridgehead atoms. The van der Waals surface area contributed by atoms with E-state index in [0.29, 0.717) is 43.0 Å². The summed E-state index contributed by atoms with van der Waals surface area (Å²) in [6.45, 7) is 12.9. The van der Waals surface area contributed by atoms with E-state index in [0.717, 1.165) is 55.0 Å². The molecule has 0 aromatic carbocycles. The Kier molecular flexibility index (Phi) is 8.78. The maximum Gasteiger partial charge on any atom is 0.436 e. The number of carbonyl (C=O) groups is 2. The Morgan fingerprint density at radius 1 is 1.11 bits per heavy atom. The zero-order valence-corrected chi connectivity index (χ0v) is 25.1. The summed E-state index contributed by atoms with van der Waals surface area (Å²) in [7, 11) is 6.54. The van der Waals surface area contributed by atoms with E-state index in [1.165, 1.54) is 31.3 Å². The molecular formula is C31H53N4O3+. The van der Waals surface area contributed by atoms with E-state index < -0.39 is 0 Å². The fraction of sp³-hybridized carbons (Fsp3) is 0.839. The van der Waals surface area contributed by atoms with Crippen LogP contribution in [0.5, 0.6) is 0 Å². The minimum Gasteiger partial charge on any atom is -0.330 e.